The van der Waals surface area contributed by atoms with Gasteiger partial charge in [0.1, 0.15) is 0 Å². The van der Waals surface area contributed by atoms with Gasteiger partial charge in [0.05, 0.1) is 0 Å². The molecule has 0 spiro atoms. The molecule has 2 saturated carbocycles. The summed E-state index contributed by atoms with van der Waals surface area (Å²) in [5.74, 6) is 5.61. The van der Waals surface area contributed by atoms with E-state index in [1.54, 1.807) is 0 Å². The van der Waals surface area contributed by atoms with E-state index >= 15 is 0 Å². The maximum absolute atomic E-state index is 11.2. The summed E-state index contributed by atoms with van der Waals surface area (Å²) in [6, 6.07) is 0. The molecule has 0 amide bonds. The van der Waals surface area contributed by atoms with Crippen LogP contribution >= 0.6 is 17.9 Å². The van der Waals surface area contributed by atoms with Crippen LogP contribution in [0.1, 0.15) is 77.0 Å². The maximum Gasteiger partial charge on any atom is 0.220 e. The summed E-state index contributed by atoms with van der Waals surface area (Å²) >= 11 is 4.66. The van der Waals surface area contributed by atoms with Crippen LogP contribution in [0.25, 0.3) is 0 Å². The smallest absolute Gasteiger partial charge is 0.220 e. The Labute approximate surface area is 155 Å². The second-order valence-corrected chi connectivity index (χ2v) is 15.9. The Morgan fingerprint density at radius 1 is 0.958 bits per heavy atom. The van der Waals surface area contributed by atoms with Crippen molar-refractivity contribution >= 4 is 28.0 Å². The molecule has 0 aromatic heterocycles. The lowest BCUT2D eigenvalue weighted by Gasteiger charge is -2.52. The van der Waals surface area contributed by atoms with Crippen molar-refractivity contribution in [3.8, 4) is 0 Å². The predicted molar refractivity (Wildman–Crippen MR) is 112 cm³/mol. The quantitative estimate of drug-likeness (QED) is 0.227. The Kier molecular flexibility index (Phi) is 7.73. The SMILES string of the molecule is C=CCC1(S(C2(CC=C)CCCCC2)=P(O)(S)ON)CCCCC1. The van der Waals surface area contributed by atoms with E-state index in [4.69, 9.17) is 10.5 Å². The first-order chi connectivity index (χ1) is 11.5. The minimum atomic E-state index is -2.96. The normalized spacial score (nSPS) is 25.8. The fraction of sp³-hybridized carbons (Fsp3) is 0.778. The van der Waals surface area contributed by atoms with Gasteiger partial charge < -0.3 is 4.89 Å². The third-order valence-electron chi connectivity index (χ3n) is 5.76. The second kappa shape index (κ2) is 8.92. The van der Waals surface area contributed by atoms with Crippen LogP contribution in [0.2, 0.25) is 0 Å². The molecule has 140 valence electrons. The zero-order valence-corrected chi connectivity index (χ0v) is 17.4. The highest BCUT2D eigenvalue weighted by atomic mass is 32.9. The molecule has 0 aromatic carbocycles. The molecule has 0 radical (unpaired) electrons. The van der Waals surface area contributed by atoms with Gasteiger partial charge in [0, 0.05) is 9.49 Å². The van der Waals surface area contributed by atoms with Crippen LogP contribution in [0.15, 0.2) is 25.3 Å². The van der Waals surface area contributed by atoms with Crippen LogP contribution in [0.5, 0.6) is 0 Å². The first-order valence-electron chi connectivity index (χ1n) is 9.16. The van der Waals surface area contributed by atoms with Crippen molar-refractivity contribution in [2.75, 3.05) is 0 Å². The van der Waals surface area contributed by atoms with Crippen LogP contribution in [0.4, 0.5) is 0 Å². The highest BCUT2D eigenvalue weighted by Gasteiger charge is 2.49. The van der Waals surface area contributed by atoms with Gasteiger partial charge in [-0.15, -0.1) is 23.2 Å². The molecule has 3 nitrogen and oxygen atoms in total. The zero-order chi connectivity index (χ0) is 17.7. The summed E-state index contributed by atoms with van der Waals surface area (Å²) in [4.78, 5) is 11.2. The number of hydrogen-bond donors (Lipinski definition) is 3. The Morgan fingerprint density at radius 3 is 1.62 bits per heavy atom. The van der Waals surface area contributed by atoms with Crippen LogP contribution in [0, 0.1) is 0 Å². The average molecular weight is 392 g/mol. The minimum absolute atomic E-state index is 0.0317. The number of hydrogen-bond acceptors (Lipinski definition) is 2. The zero-order valence-electron chi connectivity index (χ0n) is 14.8. The molecule has 2 fully saturated rings. The molecule has 3 N–H and O–H groups in total. The second-order valence-electron chi connectivity index (χ2n) is 7.35. The Morgan fingerprint density at radius 2 is 1.33 bits per heavy atom. The molecular weight excluding hydrogens is 357 g/mol. The third-order valence-corrected chi connectivity index (χ3v) is 15.1. The van der Waals surface area contributed by atoms with Gasteiger partial charge in [-0.1, -0.05) is 62.9 Å². The summed E-state index contributed by atoms with van der Waals surface area (Å²) in [7, 11) is -0.384. The summed E-state index contributed by atoms with van der Waals surface area (Å²) < 4.78 is 5.29. The molecular formula is C18H34NO2PS2. The molecule has 2 aliphatic carbocycles. The third kappa shape index (κ3) is 4.24. The van der Waals surface area contributed by atoms with Gasteiger partial charge in [-0.3, -0.25) is 0 Å². The first kappa shape index (κ1) is 20.8. The summed E-state index contributed by atoms with van der Waals surface area (Å²) in [6.07, 6.45) is 17.7. The maximum atomic E-state index is 11.2. The highest BCUT2D eigenvalue weighted by Crippen LogP contribution is 2.63. The fourth-order valence-electron chi connectivity index (χ4n) is 4.88. The number of thiol groups is 1. The van der Waals surface area contributed by atoms with E-state index in [1.165, 1.54) is 38.5 Å². The topological polar surface area (TPSA) is 55.5 Å². The van der Waals surface area contributed by atoms with E-state index in [2.05, 4.69) is 25.4 Å². The molecule has 2 aliphatic rings. The molecule has 6 heteroatoms. The minimum Gasteiger partial charge on any atom is -0.340 e. The van der Waals surface area contributed by atoms with E-state index in [1.807, 2.05) is 12.2 Å². The van der Waals surface area contributed by atoms with Crippen LogP contribution in [-0.2, 0) is 14.7 Å². The highest BCUT2D eigenvalue weighted by molar-refractivity contribution is 8.66. The van der Waals surface area contributed by atoms with Gasteiger partial charge >= 0.3 is 0 Å². The molecule has 0 aliphatic heterocycles. The van der Waals surface area contributed by atoms with E-state index in [-0.39, 0.29) is 19.6 Å². The van der Waals surface area contributed by atoms with Crippen molar-refractivity contribution in [3.63, 3.8) is 0 Å². The molecule has 0 saturated heterocycles. The van der Waals surface area contributed by atoms with Crippen LogP contribution in [0.3, 0.4) is 0 Å². The molecule has 24 heavy (non-hydrogen) atoms. The number of allylic oxidation sites excluding steroid dienone is 2. The summed E-state index contributed by atoms with van der Waals surface area (Å²) in [5, 5.41) is 0. The summed E-state index contributed by atoms with van der Waals surface area (Å²) in [5.41, 5.74) is -2.96. The lowest BCUT2D eigenvalue weighted by Crippen LogP contribution is -2.49. The van der Waals surface area contributed by atoms with Crippen molar-refractivity contribution < 1.29 is 9.52 Å². The van der Waals surface area contributed by atoms with Gasteiger partial charge in [0.15, 0.2) is 0 Å². The van der Waals surface area contributed by atoms with Crippen LogP contribution in [-0.4, -0.2) is 14.4 Å². The lowest BCUT2D eigenvalue weighted by molar-refractivity contribution is 0.330. The Balaban J connectivity index is 2.65. The molecule has 0 aromatic rings. The molecule has 1 unspecified atom stereocenters. The van der Waals surface area contributed by atoms with E-state index in [0.29, 0.717) is 0 Å². The average Bonchev–Trinajstić information content (AvgIpc) is 2.57. The van der Waals surface area contributed by atoms with Gasteiger partial charge in [0.25, 0.3) is 0 Å². The predicted octanol–water partition coefficient (Wildman–Crippen LogP) is 5.65. The molecule has 0 heterocycles. The van der Waals surface area contributed by atoms with E-state index in [0.717, 1.165) is 38.5 Å². The van der Waals surface area contributed by atoms with Gasteiger partial charge in [-0.2, -0.15) is 0 Å². The Bertz CT molecular complexity index is 469. The molecule has 1 atom stereocenters. The van der Waals surface area contributed by atoms with Crippen molar-refractivity contribution in [1.29, 1.82) is 0 Å². The van der Waals surface area contributed by atoms with Crippen LogP contribution < -0.4 is 5.90 Å². The fourth-order valence-corrected chi connectivity index (χ4v) is 16.7. The molecule has 2 rings (SSSR count). The number of rotatable bonds is 7. The van der Waals surface area contributed by atoms with E-state index in [9.17, 15) is 4.89 Å². The largest absolute Gasteiger partial charge is 0.340 e. The van der Waals surface area contributed by atoms with Crippen molar-refractivity contribution in [3.05, 3.63) is 25.3 Å². The Hall–Kier alpha value is 0.490. The van der Waals surface area contributed by atoms with Crippen molar-refractivity contribution in [2.45, 2.75) is 86.5 Å². The van der Waals surface area contributed by atoms with Crippen molar-refractivity contribution in [2.24, 2.45) is 5.90 Å². The number of nitrogens with two attached hydrogens (primary N) is 1. The van der Waals surface area contributed by atoms with Gasteiger partial charge in [-0.05, 0) is 38.5 Å². The monoisotopic (exact) mass is 391 g/mol. The lowest BCUT2D eigenvalue weighted by atomic mass is 9.85. The summed E-state index contributed by atoms with van der Waals surface area (Å²) in [6.45, 7) is 8.04. The standard InChI is InChI=1S/C18H34NO2PS2/c1-3-11-17(13-7-5-8-14-17)24(22(20,23)21-19)18(12-4-2)15-9-6-10-16-18/h3-4,20,23H,1-2,5-16,19H2. The van der Waals surface area contributed by atoms with Gasteiger partial charge in [0.2, 0.25) is 5.69 Å². The van der Waals surface area contributed by atoms with Gasteiger partial charge in [-0.25, -0.2) is 10.5 Å². The van der Waals surface area contributed by atoms with E-state index < -0.39 is 5.69 Å². The molecule has 0 bridgehead atoms. The van der Waals surface area contributed by atoms with Crippen molar-refractivity contribution in [1.82, 2.24) is 0 Å². The first-order valence-corrected chi connectivity index (χ1v) is 13.8.